The Kier molecular flexibility index (Phi) is 4.39. The van der Waals surface area contributed by atoms with E-state index in [1.807, 2.05) is 41.0 Å². The lowest BCUT2D eigenvalue weighted by molar-refractivity contribution is 0.601. The smallest absolute Gasteiger partial charge is 0.201 e. The van der Waals surface area contributed by atoms with Gasteiger partial charge in [0.25, 0.3) is 0 Å². The van der Waals surface area contributed by atoms with Gasteiger partial charge < -0.3 is 10.3 Å². The molecule has 2 aromatic carbocycles. The monoisotopic (exact) mass is 392 g/mol. The quantitative estimate of drug-likeness (QED) is 0.572. The molecule has 2 heterocycles. The summed E-state index contributed by atoms with van der Waals surface area (Å²) in [4.78, 5) is 8.76. The molecular formula is C21H20N4O2S. The molecule has 1 atom stereocenters. The number of anilines is 1. The van der Waals surface area contributed by atoms with Crippen LogP contribution in [0.2, 0.25) is 0 Å². The predicted octanol–water partition coefficient (Wildman–Crippen LogP) is 3.69. The van der Waals surface area contributed by atoms with Crippen LogP contribution in [-0.2, 0) is 9.84 Å². The summed E-state index contributed by atoms with van der Waals surface area (Å²) in [5.41, 5.74) is 10.6. The number of hydrogen-bond donors (Lipinski definition) is 1. The van der Waals surface area contributed by atoms with Crippen LogP contribution < -0.4 is 5.73 Å². The largest absolute Gasteiger partial charge is 0.369 e. The lowest BCUT2D eigenvalue weighted by Crippen LogP contribution is -2.10. The Balaban J connectivity index is 1.86. The maximum absolute atomic E-state index is 11.9. The SMILES string of the molecule is CC(c1ccccc1)n1c(N)nc2ccc(-c3cncc(S(C)(=O)=O)c3)cc21. The third kappa shape index (κ3) is 3.25. The van der Waals surface area contributed by atoms with Crippen molar-refractivity contribution in [1.82, 2.24) is 14.5 Å². The molecule has 0 bridgehead atoms. The summed E-state index contributed by atoms with van der Waals surface area (Å²) < 4.78 is 25.7. The molecule has 0 spiro atoms. The van der Waals surface area contributed by atoms with E-state index < -0.39 is 9.84 Å². The summed E-state index contributed by atoms with van der Waals surface area (Å²) in [7, 11) is -3.33. The highest BCUT2D eigenvalue weighted by Gasteiger charge is 2.17. The number of imidazole rings is 1. The zero-order valence-corrected chi connectivity index (χ0v) is 16.4. The van der Waals surface area contributed by atoms with Gasteiger partial charge in [-0.3, -0.25) is 4.98 Å². The third-order valence-corrected chi connectivity index (χ3v) is 5.94. The van der Waals surface area contributed by atoms with E-state index in [0.717, 1.165) is 27.7 Å². The maximum atomic E-state index is 11.9. The molecule has 4 aromatic rings. The molecule has 0 saturated heterocycles. The van der Waals surface area contributed by atoms with Crippen LogP contribution in [-0.4, -0.2) is 29.2 Å². The molecule has 0 fully saturated rings. The Morgan fingerprint density at radius 2 is 1.75 bits per heavy atom. The molecule has 6 nitrogen and oxygen atoms in total. The van der Waals surface area contributed by atoms with Crippen LogP contribution in [0, 0.1) is 0 Å². The fraction of sp³-hybridized carbons (Fsp3) is 0.143. The highest BCUT2D eigenvalue weighted by atomic mass is 32.2. The van der Waals surface area contributed by atoms with Gasteiger partial charge in [0.15, 0.2) is 9.84 Å². The number of sulfone groups is 1. The molecule has 0 radical (unpaired) electrons. The lowest BCUT2D eigenvalue weighted by Gasteiger charge is -2.17. The van der Waals surface area contributed by atoms with Crippen LogP contribution in [0.5, 0.6) is 0 Å². The van der Waals surface area contributed by atoms with E-state index in [1.54, 1.807) is 12.3 Å². The van der Waals surface area contributed by atoms with Crippen molar-refractivity contribution in [2.24, 2.45) is 0 Å². The van der Waals surface area contributed by atoms with Gasteiger partial charge in [0.2, 0.25) is 5.95 Å². The zero-order chi connectivity index (χ0) is 19.9. The van der Waals surface area contributed by atoms with Gasteiger partial charge in [-0.05, 0) is 36.2 Å². The van der Waals surface area contributed by atoms with Crippen molar-refractivity contribution in [2.75, 3.05) is 12.0 Å². The van der Waals surface area contributed by atoms with Gasteiger partial charge in [0.1, 0.15) is 0 Å². The molecule has 0 amide bonds. The van der Waals surface area contributed by atoms with Crippen LogP contribution >= 0.6 is 0 Å². The Labute approximate surface area is 163 Å². The van der Waals surface area contributed by atoms with Crippen LogP contribution in [0.1, 0.15) is 18.5 Å². The number of rotatable bonds is 4. The second-order valence-corrected chi connectivity index (χ2v) is 8.83. The minimum atomic E-state index is -3.33. The number of fused-ring (bicyclic) bond motifs is 1. The molecule has 2 N–H and O–H groups in total. The first-order chi connectivity index (χ1) is 13.3. The first kappa shape index (κ1) is 18.2. The topological polar surface area (TPSA) is 90.9 Å². The van der Waals surface area contributed by atoms with Crippen molar-refractivity contribution in [3.63, 3.8) is 0 Å². The molecule has 2 aromatic heterocycles. The molecule has 142 valence electrons. The van der Waals surface area contributed by atoms with Crippen molar-refractivity contribution in [2.45, 2.75) is 17.9 Å². The van der Waals surface area contributed by atoms with E-state index in [4.69, 9.17) is 5.73 Å². The minimum absolute atomic E-state index is 0.00179. The number of pyridine rings is 1. The average molecular weight is 392 g/mol. The summed E-state index contributed by atoms with van der Waals surface area (Å²) in [5.74, 6) is 0.437. The molecule has 0 saturated carbocycles. The second-order valence-electron chi connectivity index (χ2n) is 6.81. The summed E-state index contributed by atoms with van der Waals surface area (Å²) in [5, 5.41) is 0. The summed E-state index contributed by atoms with van der Waals surface area (Å²) in [6.07, 6.45) is 4.19. The van der Waals surface area contributed by atoms with E-state index in [1.165, 1.54) is 12.5 Å². The average Bonchev–Trinajstić information content (AvgIpc) is 3.02. The van der Waals surface area contributed by atoms with Crippen molar-refractivity contribution < 1.29 is 8.42 Å². The van der Waals surface area contributed by atoms with Gasteiger partial charge in [-0.2, -0.15) is 0 Å². The van der Waals surface area contributed by atoms with Crippen molar-refractivity contribution in [3.8, 4) is 11.1 Å². The molecule has 0 aliphatic rings. The van der Waals surface area contributed by atoms with Crippen LogP contribution in [0.3, 0.4) is 0 Å². The first-order valence-corrected chi connectivity index (χ1v) is 10.7. The van der Waals surface area contributed by atoms with Crippen molar-refractivity contribution in [1.29, 1.82) is 0 Å². The van der Waals surface area contributed by atoms with Crippen LogP contribution in [0.15, 0.2) is 71.9 Å². The van der Waals surface area contributed by atoms with Crippen molar-refractivity contribution >= 4 is 26.8 Å². The van der Waals surface area contributed by atoms with Gasteiger partial charge in [0, 0.05) is 24.2 Å². The Morgan fingerprint density at radius 1 is 1.00 bits per heavy atom. The Bertz CT molecular complexity index is 1260. The summed E-state index contributed by atoms with van der Waals surface area (Å²) in [6, 6.07) is 17.5. The van der Waals surface area contributed by atoms with Crippen LogP contribution in [0.4, 0.5) is 5.95 Å². The second kappa shape index (κ2) is 6.76. The van der Waals surface area contributed by atoms with Gasteiger partial charge in [0.05, 0.1) is 22.0 Å². The van der Waals surface area contributed by atoms with E-state index >= 15 is 0 Å². The summed E-state index contributed by atoms with van der Waals surface area (Å²) in [6.45, 7) is 2.07. The third-order valence-electron chi connectivity index (χ3n) is 4.86. The Morgan fingerprint density at radius 3 is 2.46 bits per heavy atom. The molecule has 1 unspecified atom stereocenters. The number of nitrogens with two attached hydrogens (primary N) is 1. The molecule has 7 heteroatoms. The number of nitrogen functional groups attached to an aromatic ring is 1. The number of benzene rings is 2. The fourth-order valence-electron chi connectivity index (χ4n) is 3.36. The first-order valence-electron chi connectivity index (χ1n) is 8.82. The standard InChI is InChI=1S/C21H20N4O2S/c1-14(15-6-4-3-5-7-15)25-20-11-16(8-9-19(20)24-21(25)22)17-10-18(13-23-12-17)28(2,26)27/h3-14H,1-2H3,(H2,22,24). The van der Waals surface area contributed by atoms with Gasteiger partial charge >= 0.3 is 0 Å². The predicted molar refractivity (Wildman–Crippen MR) is 111 cm³/mol. The number of aromatic nitrogens is 3. The van der Waals surface area contributed by atoms with Gasteiger partial charge in [-0.1, -0.05) is 36.4 Å². The minimum Gasteiger partial charge on any atom is -0.369 e. The van der Waals surface area contributed by atoms with Crippen molar-refractivity contribution in [3.05, 3.63) is 72.6 Å². The van der Waals surface area contributed by atoms with E-state index in [9.17, 15) is 8.42 Å². The Hall–Kier alpha value is -3.19. The molecule has 0 aliphatic heterocycles. The zero-order valence-electron chi connectivity index (χ0n) is 15.6. The number of nitrogens with zero attached hydrogens (tertiary/aromatic N) is 3. The van der Waals surface area contributed by atoms with E-state index in [0.29, 0.717) is 5.95 Å². The van der Waals surface area contributed by atoms with Gasteiger partial charge in [-0.25, -0.2) is 13.4 Å². The maximum Gasteiger partial charge on any atom is 0.201 e. The van der Waals surface area contributed by atoms with Gasteiger partial charge in [-0.15, -0.1) is 0 Å². The molecule has 4 rings (SSSR count). The fourth-order valence-corrected chi connectivity index (χ4v) is 3.95. The highest BCUT2D eigenvalue weighted by molar-refractivity contribution is 7.90. The lowest BCUT2D eigenvalue weighted by atomic mass is 10.1. The van der Waals surface area contributed by atoms with E-state index in [2.05, 4.69) is 29.0 Å². The van der Waals surface area contributed by atoms with Crippen LogP contribution in [0.25, 0.3) is 22.2 Å². The number of hydrogen-bond acceptors (Lipinski definition) is 5. The molecular weight excluding hydrogens is 372 g/mol. The summed E-state index contributed by atoms with van der Waals surface area (Å²) >= 11 is 0. The highest BCUT2D eigenvalue weighted by Crippen LogP contribution is 2.31. The molecule has 28 heavy (non-hydrogen) atoms. The normalized spacial score (nSPS) is 12.9. The van der Waals surface area contributed by atoms with E-state index in [-0.39, 0.29) is 10.9 Å². The molecule has 0 aliphatic carbocycles.